The second-order valence-electron chi connectivity index (χ2n) is 14.6. The average molecular weight is 826 g/mol. The van der Waals surface area contributed by atoms with Gasteiger partial charge in [0.25, 0.3) is 0 Å². The van der Waals surface area contributed by atoms with E-state index in [1.807, 2.05) is 6.92 Å². The molecule has 262 valence electrons. The van der Waals surface area contributed by atoms with Gasteiger partial charge in [-0.2, -0.15) is 0 Å². The van der Waals surface area contributed by atoms with Crippen LogP contribution in [0.5, 0.6) is 0 Å². The van der Waals surface area contributed by atoms with Gasteiger partial charge >= 0.3 is 37.9 Å². The second kappa shape index (κ2) is 14.5. The van der Waals surface area contributed by atoms with Crippen LogP contribution in [0, 0.1) is 20.8 Å². The van der Waals surface area contributed by atoms with Crippen LogP contribution in [0.3, 0.4) is 0 Å². The van der Waals surface area contributed by atoms with Crippen molar-refractivity contribution in [2.45, 2.75) is 58.0 Å². The van der Waals surface area contributed by atoms with Gasteiger partial charge in [-0.3, -0.25) is 0 Å². The maximum absolute atomic E-state index is 6.53. The summed E-state index contributed by atoms with van der Waals surface area (Å²) in [7, 11) is 9.43. The number of hydrogen-bond acceptors (Lipinski definition) is 2. The fourth-order valence-corrected chi connectivity index (χ4v) is 11.5. The van der Waals surface area contributed by atoms with Crippen molar-refractivity contribution < 1.29 is 29.7 Å². The van der Waals surface area contributed by atoms with Crippen molar-refractivity contribution in [2.24, 2.45) is 0 Å². The SMILES string of the molecule is Cc1ccc(C2=Cc3c(ccc(C)c3-c3ccccc3)C2[c-]2c(-c3ccc(C)o3)cc3c(-c4ccccc4)c4c(cc32)CCC4=[Si]2CCC2)o1.[Cl][Zr][Cl]. The van der Waals surface area contributed by atoms with Crippen molar-refractivity contribution in [3.8, 4) is 33.6 Å². The number of rotatable bonds is 5. The van der Waals surface area contributed by atoms with E-state index in [0.29, 0.717) is 0 Å². The minimum atomic E-state index is -0.826. The molecule has 3 aliphatic rings. The summed E-state index contributed by atoms with van der Waals surface area (Å²) in [6.07, 6.45) is 6.17. The van der Waals surface area contributed by atoms with Gasteiger partial charge in [-0.25, -0.2) is 0 Å². The third-order valence-corrected chi connectivity index (χ3v) is 14.8. The van der Waals surface area contributed by atoms with Crippen LogP contribution in [0.4, 0.5) is 0 Å². The number of furan rings is 2. The maximum atomic E-state index is 6.53. The number of fused-ring (bicyclic) bond motifs is 3. The van der Waals surface area contributed by atoms with E-state index in [1.165, 1.54) is 96.9 Å². The molecule has 10 rings (SSSR count). The summed E-state index contributed by atoms with van der Waals surface area (Å²) in [5.74, 6) is 3.70. The number of hydrogen-bond donors (Lipinski definition) is 0. The van der Waals surface area contributed by atoms with Crippen LogP contribution in [-0.4, -0.2) is 13.6 Å². The number of halogens is 2. The minimum absolute atomic E-state index is 0.0263. The van der Waals surface area contributed by atoms with Crippen molar-refractivity contribution in [3.63, 3.8) is 0 Å². The number of aryl methyl sites for hydroxylation is 4. The van der Waals surface area contributed by atoms with Crippen LogP contribution >= 0.6 is 17.0 Å². The first-order chi connectivity index (χ1) is 25.9. The summed E-state index contributed by atoms with van der Waals surface area (Å²) in [6.45, 7) is 6.34. The number of allylic oxidation sites excluding steroid dienone is 1. The van der Waals surface area contributed by atoms with Gasteiger partial charge in [-0.05, 0) is 121 Å². The van der Waals surface area contributed by atoms with E-state index >= 15 is 0 Å². The van der Waals surface area contributed by atoms with Crippen LogP contribution < -0.4 is 0 Å². The Labute approximate surface area is 331 Å². The van der Waals surface area contributed by atoms with Crippen LogP contribution in [-0.2, 0) is 27.3 Å². The molecule has 0 N–H and O–H groups in total. The molecule has 3 heterocycles. The van der Waals surface area contributed by atoms with E-state index in [-0.39, 0.29) is 5.92 Å². The fourth-order valence-electron chi connectivity index (χ4n) is 9.09. The molecule has 0 bridgehead atoms. The van der Waals surface area contributed by atoms with E-state index in [0.717, 1.165) is 29.5 Å². The van der Waals surface area contributed by atoms with Crippen molar-refractivity contribution in [2.75, 3.05) is 0 Å². The molecule has 1 aliphatic heterocycles. The van der Waals surface area contributed by atoms with E-state index in [2.05, 4.69) is 129 Å². The zero-order chi connectivity index (χ0) is 36.2. The van der Waals surface area contributed by atoms with E-state index < -0.39 is 29.3 Å². The Kier molecular flexibility index (Phi) is 9.62. The van der Waals surface area contributed by atoms with Gasteiger partial charge in [0.05, 0.1) is 11.5 Å². The van der Waals surface area contributed by atoms with Gasteiger partial charge in [-0.1, -0.05) is 101 Å². The average Bonchev–Trinajstić information content (AvgIpc) is 3.98. The topological polar surface area (TPSA) is 26.3 Å². The normalized spacial score (nSPS) is 15.9. The first kappa shape index (κ1) is 35.1. The van der Waals surface area contributed by atoms with E-state index in [9.17, 15) is 0 Å². The molecule has 2 aliphatic carbocycles. The van der Waals surface area contributed by atoms with Crippen LogP contribution in [0.15, 0.2) is 118 Å². The summed E-state index contributed by atoms with van der Waals surface area (Å²) in [5.41, 5.74) is 16.0. The fraction of sp³-hybridized carbons (Fsp3) is 0.191. The summed E-state index contributed by atoms with van der Waals surface area (Å²) in [4.78, 5) is 0. The van der Waals surface area contributed by atoms with Crippen molar-refractivity contribution in [3.05, 3.63) is 160 Å². The molecule has 1 unspecified atom stereocenters. The first-order valence-corrected chi connectivity index (χ1v) is 26.8. The zero-order valence-corrected chi connectivity index (χ0v) is 35.1. The summed E-state index contributed by atoms with van der Waals surface area (Å²) in [5, 5.41) is 4.47. The van der Waals surface area contributed by atoms with Gasteiger partial charge in [0.2, 0.25) is 0 Å². The van der Waals surface area contributed by atoms with E-state index in [1.54, 1.807) is 10.7 Å². The summed E-state index contributed by atoms with van der Waals surface area (Å²) >= 11 is -0.826. The summed E-state index contributed by atoms with van der Waals surface area (Å²) in [6, 6.07) is 43.2. The molecule has 53 heavy (non-hydrogen) atoms. The molecule has 0 spiro atoms. The molecular formula is C47H39Cl2O2SiZr-. The molecule has 5 aromatic carbocycles. The van der Waals surface area contributed by atoms with Gasteiger partial charge in [0.15, 0.2) is 0 Å². The molecular weight excluding hydrogens is 787 g/mol. The second-order valence-corrected chi connectivity index (χ2v) is 21.1. The summed E-state index contributed by atoms with van der Waals surface area (Å²) < 4.78 is 13.0. The van der Waals surface area contributed by atoms with Crippen molar-refractivity contribution in [1.82, 2.24) is 0 Å². The van der Waals surface area contributed by atoms with Crippen molar-refractivity contribution in [1.29, 1.82) is 0 Å². The van der Waals surface area contributed by atoms with Gasteiger partial charge in [0.1, 0.15) is 11.5 Å². The predicted molar refractivity (Wildman–Crippen MR) is 221 cm³/mol. The van der Waals surface area contributed by atoms with Crippen molar-refractivity contribution >= 4 is 53.0 Å². The predicted octanol–water partition coefficient (Wildman–Crippen LogP) is 13.7. The Morgan fingerprint density at radius 1 is 0.698 bits per heavy atom. The van der Waals surface area contributed by atoms with E-state index in [4.69, 9.17) is 25.9 Å². The standard InChI is InChI=1S/C47H39O2Si.2ClH.Zr/c1-28-15-19-34-36(43(28)31-11-6-4-7-12-31)26-38(40-20-16-29(2)48-40)46(34)47-35-25-33-18-22-42(50-23-10-24-50)45(33)44(32-13-8-5-9-14-32)37(35)27-39(47)41-21-17-30(3)49-41;;;/h4-9,11-17,19-21,25-27,46H,10,18,22-24H2,1-3H3;2*1H;/q-1;;;+2/p-2. The molecule has 1 atom stereocenters. The zero-order valence-electron chi connectivity index (χ0n) is 30.2. The molecule has 0 saturated carbocycles. The Balaban J connectivity index is 0.00000120. The molecule has 0 amide bonds. The Morgan fingerprint density at radius 2 is 1.34 bits per heavy atom. The van der Waals surface area contributed by atoms with Crippen LogP contribution in [0.1, 0.15) is 69.4 Å². The van der Waals surface area contributed by atoms with Gasteiger partial charge in [0, 0.05) is 19.9 Å². The molecule has 7 aromatic rings. The quantitative estimate of drug-likeness (QED) is 0.128. The van der Waals surface area contributed by atoms with Gasteiger partial charge in [-0.15, -0.1) is 22.9 Å². The van der Waals surface area contributed by atoms with Gasteiger partial charge < -0.3 is 8.83 Å². The molecule has 2 aromatic heterocycles. The molecule has 1 saturated heterocycles. The molecule has 1 fully saturated rings. The third-order valence-electron chi connectivity index (χ3n) is 11.5. The first-order valence-electron chi connectivity index (χ1n) is 18.5. The third kappa shape index (κ3) is 6.11. The van der Waals surface area contributed by atoms with Crippen LogP contribution in [0.25, 0.3) is 56.0 Å². The Hall–Kier alpha value is -3.66. The number of benzene rings is 4. The molecule has 6 heteroatoms. The monoisotopic (exact) mass is 823 g/mol. The Morgan fingerprint density at radius 3 is 1.94 bits per heavy atom. The van der Waals surface area contributed by atoms with Crippen LogP contribution in [0.2, 0.25) is 12.1 Å². The molecule has 0 radical (unpaired) electrons. The Bertz CT molecular complexity index is 2560. The molecule has 2 nitrogen and oxygen atoms in total.